The standard InChI is InChI=1S/C28H22IN3O7/c1-38-21-10-14(11-22(39-2)26(21)35)23-16-8-9-30-27(36)31(15-6-4-3-5-7-15)28(37)32(30)19(16)12-17-20(33)13-18(29)25(34)24(17)23/h3-8,10-11,13,19,23,35H,9,12H2,1-2H3/t19-,23+/m1/s1. The number of Topliss-reactive ketones (excluding diaryl/α,β-unsaturated/α-hetero) is 1. The Balaban J connectivity index is 1.61. The molecule has 0 unspecified atom stereocenters. The van der Waals surface area contributed by atoms with Crippen molar-refractivity contribution in [3.8, 4) is 22.9 Å². The number of nitrogens with zero attached hydrogens (tertiary/aromatic N) is 3. The number of carbonyl (C=O) groups excluding carboxylic acids is 2. The Labute approximate surface area is 235 Å². The average molecular weight is 639 g/mol. The maximum atomic E-state index is 13.8. The van der Waals surface area contributed by atoms with Crippen molar-refractivity contribution in [2.45, 2.75) is 24.9 Å². The number of phenolic OH excluding ortho intramolecular Hbond substituents is 1. The van der Waals surface area contributed by atoms with E-state index in [4.69, 9.17) is 9.47 Å². The molecule has 11 heteroatoms. The third-order valence-electron chi connectivity index (χ3n) is 7.45. The maximum absolute atomic E-state index is 13.8. The Morgan fingerprint density at radius 3 is 2.28 bits per heavy atom. The van der Waals surface area contributed by atoms with Crippen LogP contribution in [0.1, 0.15) is 23.9 Å². The van der Waals surface area contributed by atoms with E-state index in [-0.39, 0.29) is 41.8 Å². The number of hydrogen-bond donors (Lipinski definition) is 1. The molecule has 1 aliphatic heterocycles. The van der Waals surface area contributed by atoms with Gasteiger partial charge in [0.05, 0.1) is 36.1 Å². The van der Waals surface area contributed by atoms with E-state index in [9.17, 15) is 24.3 Å². The summed E-state index contributed by atoms with van der Waals surface area (Å²) in [4.78, 5) is 53.9. The number of aromatic hydroxyl groups is 1. The van der Waals surface area contributed by atoms with Gasteiger partial charge in [-0.15, -0.1) is 0 Å². The quantitative estimate of drug-likeness (QED) is 0.265. The van der Waals surface area contributed by atoms with E-state index >= 15 is 0 Å². The highest BCUT2D eigenvalue weighted by atomic mass is 127. The molecule has 0 spiro atoms. The second-order valence-corrected chi connectivity index (χ2v) is 10.5. The molecule has 2 heterocycles. The molecule has 0 bridgehead atoms. The molecular formula is C28H22IN3O7. The highest BCUT2D eigenvalue weighted by molar-refractivity contribution is 14.1. The molecule has 39 heavy (non-hydrogen) atoms. The van der Waals surface area contributed by atoms with Crippen LogP contribution in [0.2, 0.25) is 0 Å². The third-order valence-corrected chi connectivity index (χ3v) is 8.25. The van der Waals surface area contributed by atoms with Gasteiger partial charge in [-0.3, -0.25) is 9.59 Å². The Morgan fingerprint density at radius 2 is 1.64 bits per heavy atom. The second-order valence-electron chi connectivity index (χ2n) is 9.37. The topological polar surface area (TPSA) is 122 Å². The molecule has 0 amide bonds. The minimum absolute atomic E-state index is 0.0766. The fraction of sp³-hybridized carbons (Fsp3) is 0.214. The molecule has 0 radical (unpaired) electrons. The molecule has 6 rings (SSSR count). The zero-order valence-electron chi connectivity index (χ0n) is 20.9. The third kappa shape index (κ3) is 3.67. The summed E-state index contributed by atoms with van der Waals surface area (Å²) < 4.78 is 14.9. The van der Waals surface area contributed by atoms with Gasteiger partial charge in [0.25, 0.3) is 0 Å². The predicted octanol–water partition coefficient (Wildman–Crippen LogP) is 2.96. The fourth-order valence-electron chi connectivity index (χ4n) is 5.73. The summed E-state index contributed by atoms with van der Waals surface area (Å²) in [5.74, 6) is -1.27. The number of aromatic nitrogens is 3. The van der Waals surface area contributed by atoms with Crippen LogP contribution in [-0.4, -0.2) is 44.8 Å². The Bertz CT molecular complexity index is 1760. The van der Waals surface area contributed by atoms with E-state index in [1.165, 1.54) is 29.7 Å². The fourth-order valence-corrected chi connectivity index (χ4v) is 6.30. The Hall–Kier alpha value is -4.13. The van der Waals surface area contributed by atoms with Gasteiger partial charge in [0.15, 0.2) is 23.1 Å². The Morgan fingerprint density at radius 1 is 0.974 bits per heavy atom. The van der Waals surface area contributed by atoms with Crippen molar-refractivity contribution in [2.24, 2.45) is 0 Å². The molecule has 0 saturated carbocycles. The summed E-state index contributed by atoms with van der Waals surface area (Å²) in [5, 5.41) is 10.5. The van der Waals surface area contributed by atoms with Gasteiger partial charge in [-0.25, -0.2) is 23.5 Å². The van der Waals surface area contributed by atoms with E-state index in [1.807, 2.05) is 28.7 Å². The van der Waals surface area contributed by atoms with Gasteiger partial charge in [0.2, 0.25) is 5.75 Å². The lowest BCUT2D eigenvalue weighted by atomic mass is 9.69. The number of methoxy groups -OCH3 is 2. The van der Waals surface area contributed by atoms with Gasteiger partial charge >= 0.3 is 11.4 Å². The lowest BCUT2D eigenvalue weighted by Gasteiger charge is -2.39. The number of carbonyl (C=O) groups is 2. The number of allylic oxidation sites excluding steroid dienone is 6. The minimum atomic E-state index is -0.743. The van der Waals surface area contributed by atoms with E-state index in [0.717, 1.165) is 4.57 Å². The molecule has 198 valence electrons. The van der Waals surface area contributed by atoms with E-state index < -0.39 is 23.3 Å². The number of hydrogen-bond acceptors (Lipinski definition) is 7. The molecule has 3 aromatic rings. The molecule has 0 fully saturated rings. The molecule has 3 aliphatic rings. The van der Waals surface area contributed by atoms with Crippen LogP contribution in [0.15, 0.2) is 84.5 Å². The number of ether oxygens (including phenoxy) is 2. The van der Waals surface area contributed by atoms with Crippen molar-refractivity contribution in [1.82, 2.24) is 13.9 Å². The van der Waals surface area contributed by atoms with Crippen LogP contribution in [0.3, 0.4) is 0 Å². The summed E-state index contributed by atoms with van der Waals surface area (Å²) in [7, 11) is 2.80. The summed E-state index contributed by atoms with van der Waals surface area (Å²) >= 11 is 1.86. The SMILES string of the molecule is COc1cc([C@H]2C3=CCn4c(=O)n(-c5ccccc5)c(=O)n4[C@@H]3CC3=C2C(=O)C(I)=CC3=O)cc(OC)c1O. The first-order valence-electron chi connectivity index (χ1n) is 12.1. The first-order valence-corrected chi connectivity index (χ1v) is 13.2. The monoisotopic (exact) mass is 639 g/mol. The summed E-state index contributed by atoms with van der Waals surface area (Å²) in [6.07, 6.45) is 3.22. The van der Waals surface area contributed by atoms with Crippen molar-refractivity contribution in [3.05, 3.63) is 101 Å². The molecule has 1 aromatic heterocycles. The van der Waals surface area contributed by atoms with Gasteiger partial charge in [-0.2, -0.15) is 0 Å². The number of fused-ring (bicyclic) bond motifs is 3. The predicted molar refractivity (Wildman–Crippen MR) is 149 cm³/mol. The lowest BCUT2D eigenvalue weighted by molar-refractivity contribution is -0.115. The number of halogens is 1. The van der Waals surface area contributed by atoms with Gasteiger partial charge in [-0.1, -0.05) is 24.3 Å². The normalized spacial score (nSPS) is 20.1. The first kappa shape index (κ1) is 25.2. The van der Waals surface area contributed by atoms with Crippen LogP contribution in [0.25, 0.3) is 5.69 Å². The summed E-state index contributed by atoms with van der Waals surface area (Å²) in [5.41, 5.74) is 1.25. The number of phenols is 1. The van der Waals surface area contributed by atoms with E-state index in [0.29, 0.717) is 31.5 Å². The second kappa shape index (κ2) is 9.26. The van der Waals surface area contributed by atoms with Crippen LogP contribution in [0.5, 0.6) is 17.2 Å². The van der Waals surface area contributed by atoms with Gasteiger partial charge in [0.1, 0.15) is 0 Å². The van der Waals surface area contributed by atoms with E-state index in [2.05, 4.69) is 0 Å². The van der Waals surface area contributed by atoms with Crippen LogP contribution >= 0.6 is 22.6 Å². The first-order chi connectivity index (χ1) is 18.8. The molecule has 0 saturated heterocycles. The summed E-state index contributed by atoms with van der Waals surface area (Å²) in [6, 6.07) is 11.1. The highest BCUT2D eigenvalue weighted by Crippen LogP contribution is 2.52. The smallest absolute Gasteiger partial charge is 0.352 e. The molecule has 2 atom stereocenters. The van der Waals surface area contributed by atoms with Crippen LogP contribution in [-0.2, 0) is 16.1 Å². The summed E-state index contributed by atoms with van der Waals surface area (Å²) in [6.45, 7) is 0.0975. The van der Waals surface area contributed by atoms with Gasteiger partial charge < -0.3 is 14.6 Å². The van der Waals surface area contributed by atoms with Crippen LogP contribution in [0.4, 0.5) is 0 Å². The van der Waals surface area contributed by atoms with Crippen LogP contribution < -0.4 is 20.9 Å². The Kier molecular flexibility index (Phi) is 5.97. The zero-order chi connectivity index (χ0) is 27.6. The zero-order valence-corrected chi connectivity index (χ0v) is 23.0. The highest BCUT2D eigenvalue weighted by Gasteiger charge is 2.45. The van der Waals surface area contributed by atoms with Crippen molar-refractivity contribution in [1.29, 1.82) is 0 Å². The minimum Gasteiger partial charge on any atom is -0.502 e. The number of para-hydroxylation sites is 1. The van der Waals surface area contributed by atoms with Crippen molar-refractivity contribution in [2.75, 3.05) is 14.2 Å². The molecular weight excluding hydrogens is 617 g/mol. The maximum Gasteiger partial charge on any atom is 0.352 e. The van der Waals surface area contributed by atoms with Crippen LogP contribution in [0, 0.1) is 0 Å². The number of ketones is 2. The molecule has 10 nitrogen and oxygen atoms in total. The van der Waals surface area contributed by atoms with Crippen molar-refractivity contribution in [3.63, 3.8) is 0 Å². The molecule has 2 aromatic carbocycles. The lowest BCUT2D eigenvalue weighted by Crippen LogP contribution is -2.40. The number of benzene rings is 2. The molecule has 2 aliphatic carbocycles. The van der Waals surface area contributed by atoms with Gasteiger partial charge in [0, 0.05) is 29.6 Å². The van der Waals surface area contributed by atoms with Crippen molar-refractivity contribution < 1.29 is 24.2 Å². The van der Waals surface area contributed by atoms with E-state index in [1.54, 1.807) is 42.5 Å². The van der Waals surface area contributed by atoms with Crippen molar-refractivity contribution >= 4 is 34.2 Å². The molecule has 1 N–H and O–H groups in total. The number of rotatable bonds is 4. The van der Waals surface area contributed by atoms with Gasteiger partial charge in [-0.05, 0) is 58.0 Å². The largest absolute Gasteiger partial charge is 0.502 e. The average Bonchev–Trinajstić information content (AvgIpc) is 3.20.